The standard InChI is InChI=1S/C11H20N4O/c1-6-8(7(2)15-14-6)13-10(16)9(12)11(3,4)5/h9H,12H2,1-5H3,(H,13,16)(H,14,15)/t9-/m0/s1. The molecule has 0 unspecified atom stereocenters. The molecule has 0 radical (unpaired) electrons. The maximum atomic E-state index is 11.9. The van der Waals surface area contributed by atoms with E-state index in [2.05, 4.69) is 15.5 Å². The van der Waals surface area contributed by atoms with Crippen LogP contribution in [0.4, 0.5) is 5.69 Å². The van der Waals surface area contributed by atoms with Crippen molar-refractivity contribution in [2.75, 3.05) is 5.32 Å². The van der Waals surface area contributed by atoms with Gasteiger partial charge in [-0.25, -0.2) is 0 Å². The molecule has 1 rings (SSSR count). The highest BCUT2D eigenvalue weighted by Gasteiger charge is 2.28. The Labute approximate surface area is 95.8 Å². The second-order valence-electron chi connectivity index (χ2n) is 5.14. The molecular formula is C11H20N4O. The maximum Gasteiger partial charge on any atom is 0.241 e. The van der Waals surface area contributed by atoms with Crippen molar-refractivity contribution in [1.82, 2.24) is 10.2 Å². The van der Waals surface area contributed by atoms with Crippen LogP contribution in [0.25, 0.3) is 0 Å². The molecule has 0 spiro atoms. The molecule has 1 aromatic rings. The van der Waals surface area contributed by atoms with Crippen LogP contribution in [0, 0.1) is 19.3 Å². The number of aryl methyl sites for hydroxylation is 2. The van der Waals surface area contributed by atoms with Gasteiger partial charge in [0.1, 0.15) is 0 Å². The average Bonchev–Trinajstić information content (AvgIpc) is 2.46. The molecule has 0 bridgehead atoms. The summed E-state index contributed by atoms with van der Waals surface area (Å²) in [6, 6.07) is -0.541. The van der Waals surface area contributed by atoms with E-state index < -0.39 is 6.04 Å². The van der Waals surface area contributed by atoms with E-state index >= 15 is 0 Å². The maximum absolute atomic E-state index is 11.9. The predicted octanol–water partition coefficient (Wildman–Crippen LogP) is 1.34. The molecule has 0 saturated heterocycles. The fourth-order valence-electron chi connectivity index (χ4n) is 1.33. The van der Waals surface area contributed by atoms with Crippen LogP contribution in [0.15, 0.2) is 0 Å². The minimum absolute atomic E-state index is 0.180. The summed E-state index contributed by atoms with van der Waals surface area (Å²) < 4.78 is 0. The number of aromatic nitrogens is 2. The number of nitrogens with two attached hydrogens (primary N) is 1. The van der Waals surface area contributed by atoms with Crippen LogP contribution in [0.3, 0.4) is 0 Å². The lowest BCUT2D eigenvalue weighted by molar-refractivity contribution is -0.119. The van der Waals surface area contributed by atoms with Crippen molar-refractivity contribution in [3.63, 3.8) is 0 Å². The van der Waals surface area contributed by atoms with E-state index in [4.69, 9.17) is 5.73 Å². The Morgan fingerprint density at radius 3 is 2.38 bits per heavy atom. The molecule has 1 atom stereocenters. The van der Waals surface area contributed by atoms with Crippen molar-refractivity contribution >= 4 is 11.6 Å². The first-order chi connectivity index (χ1) is 7.23. The highest BCUT2D eigenvalue weighted by molar-refractivity contribution is 5.96. The summed E-state index contributed by atoms with van der Waals surface area (Å²) in [5.41, 5.74) is 7.95. The van der Waals surface area contributed by atoms with Crippen molar-refractivity contribution in [3.8, 4) is 0 Å². The fourth-order valence-corrected chi connectivity index (χ4v) is 1.33. The molecule has 16 heavy (non-hydrogen) atoms. The second kappa shape index (κ2) is 4.25. The quantitative estimate of drug-likeness (QED) is 0.708. The Balaban J connectivity index is 2.80. The molecule has 90 valence electrons. The first-order valence-electron chi connectivity index (χ1n) is 5.31. The van der Waals surface area contributed by atoms with Crippen molar-refractivity contribution < 1.29 is 4.79 Å². The lowest BCUT2D eigenvalue weighted by Crippen LogP contribution is -2.45. The highest BCUT2D eigenvalue weighted by Crippen LogP contribution is 2.21. The number of anilines is 1. The van der Waals surface area contributed by atoms with Crippen molar-refractivity contribution in [2.24, 2.45) is 11.1 Å². The average molecular weight is 224 g/mol. The van der Waals surface area contributed by atoms with Crippen LogP contribution >= 0.6 is 0 Å². The molecule has 1 amide bonds. The lowest BCUT2D eigenvalue weighted by Gasteiger charge is -2.25. The largest absolute Gasteiger partial charge is 0.322 e. The van der Waals surface area contributed by atoms with Crippen LogP contribution in [0.2, 0.25) is 0 Å². The number of amides is 1. The zero-order valence-corrected chi connectivity index (χ0v) is 10.5. The number of H-pyrrole nitrogens is 1. The van der Waals surface area contributed by atoms with Gasteiger partial charge in [-0.05, 0) is 19.3 Å². The first kappa shape index (κ1) is 12.7. The summed E-state index contributed by atoms with van der Waals surface area (Å²) in [5, 5.41) is 9.63. The van der Waals surface area contributed by atoms with Gasteiger partial charge in [0, 0.05) is 0 Å². The van der Waals surface area contributed by atoms with Gasteiger partial charge in [-0.15, -0.1) is 0 Å². The molecule has 0 aromatic carbocycles. The van der Waals surface area contributed by atoms with E-state index in [1.54, 1.807) is 0 Å². The number of hydrogen-bond acceptors (Lipinski definition) is 3. The summed E-state index contributed by atoms with van der Waals surface area (Å²) in [5.74, 6) is -0.180. The molecule has 0 aliphatic heterocycles. The van der Waals surface area contributed by atoms with Crippen LogP contribution < -0.4 is 11.1 Å². The number of carbonyl (C=O) groups is 1. The molecule has 1 heterocycles. The Hall–Kier alpha value is -1.36. The molecule has 5 nitrogen and oxygen atoms in total. The van der Waals surface area contributed by atoms with Gasteiger partial charge in [0.05, 0.1) is 23.1 Å². The van der Waals surface area contributed by atoms with Crippen molar-refractivity contribution in [2.45, 2.75) is 40.7 Å². The SMILES string of the molecule is Cc1n[nH]c(C)c1NC(=O)[C@H](N)C(C)(C)C. The third kappa shape index (κ3) is 2.61. The van der Waals surface area contributed by atoms with Gasteiger partial charge in [-0.1, -0.05) is 20.8 Å². The molecule has 0 saturated carbocycles. The van der Waals surface area contributed by atoms with Crippen molar-refractivity contribution in [3.05, 3.63) is 11.4 Å². The summed E-state index contributed by atoms with van der Waals surface area (Å²) in [4.78, 5) is 11.9. The second-order valence-corrected chi connectivity index (χ2v) is 5.14. The molecule has 0 aliphatic rings. The van der Waals surface area contributed by atoms with Gasteiger partial charge in [0.2, 0.25) is 5.91 Å². The molecule has 0 aliphatic carbocycles. The van der Waals surface area contributed by atoms with Gasteiger partial charge in [-0.2, -0.15) is 5.10 Å². The number of nitrogens with one attached hydrogen (secondary N) is 2. The molecule has 0 fully saturated rings. The number of rotatable bonds is 2. The van der Waals surface area contributed by atoms with E-state index in [-0.39, 0.29) is 11.3 Å². The number of aromatic amines is 1. The van der Waals surface area contributed by atoms with Gasteiger partial charge >= 0.3 is 0 Å². The molecule has 5 heteroatoms. The molecule has 1 aromatic heterocycles. The normalized spacial score (nSPS) is 13.6. The molecule has 4 N–H and O–H groups in total. The Morgan fingerprint density at radius 2 is 2.00 bits per heavy atom. The zero-order chi connectivity index (χ0) is 12.5. The van der Waals surface area contributed by atoms with E-state index in [0.717, 1.165) is 17.1 Å². The summed E-state index contributed by atoms with van der Waals surface area (Å²) in [7, 11) is 0. The lowest BCUT2D eigenvalue weighted by atomic mass is 9.87. The van der Waals surface area contributed by atoms with Crippen LogP contribution in [-0.2, 0) is 4.79 Å². The van der Waals surface area contributed by atoms with Crippen LogP contribution in [0.1, 0.15) is 32.2 Å². The zero-order valence-electron chi connectivity index (χ0n) is 10.5. The van der Waals surface area contributed by atoms with Gasteiger partial charge in [0.15, 0.2) is 0 Å². The summed E-state index contributed by atoms with van der Waals surface area (Å²) >= 11 is 0. The monoisotopic (exact) mass is 224 g/mol. The summed E-state index contributed by atoms with van der Waals surface area (Å²) in [6.45, 7) is 9.50. The Bertz CT molecular complexity index is 370. The van der Waals surface area contributed by atoms with E-state index in [1.165, 1.54) is 0 Å². The number of hydrogen-bond donors (Lipinski definition) is 3. The number of carbonyl (C=O) groups excluding carboxylic acids is 1. The van der Waals surface area contributed by atoms with Crippen LogP contribution in [-0.4, -0.2) is 22.1 Å². The Morgan fingerprint density at radius 1 is 1.44 bits per heavy atom. The fraction of sp³-hybridized carbons (Fsp3) is 0.636. The smallest absolute Gasteiger partial charge is 0.241 e. The third-order valence-electron chi connectivity index (χ3n) is 2.59. The minimum atomic E-state index is -0.541. The topological polar surface area (TPSA) is 83.8 Å². The summed E-state index contributed by atoms with van der Waals surface area (Å²) in [6.07, 6.45) is 0. The van der Waals surface area contributed by atoms with Gasteiger partial charge in [0.25, 0.3) is 0 Å². The van der Waals surface area contributed by atoms with E-state index in [0.29, 0.717) is 0 Å². The first-order valence-corrected chi connectivity index (χ1v) is 5.31. The highest BCUT2D eigenvalue weighted by atomic mass is 16.2. The van der Waals surface area contributed by atoms with Gasteiger partial charge < -0.3 is 11.1 Å². The predicted molar refractivity (Wildman–Crippen MR) is 64.1 cm³/mol. The van der Waals surface area contributed by atoms with Crippen molar-refractivity contribution in [1.29, 1.82) is 0 Å². The minimum Gasteiger partial charge on any atom is -0.322 e. The third-order valence-corrected chi connectivity index (χ3v) is 2.59. The van der Waals surface area contributed by atoms with E-state index in [1.807, 2.05) is 34.6 Å². The molecular weight excluding hydrogens is 204 g/mol. The van der Waals surface area contributed by atoms with E-state index in [9.17, 15) is 4.79 Å². The Kier molecular flexibility index (Phi) is 3.38. The van der Waals surface area contributed by atoms with Crippen LogP contribution in [0.5, 0.6) is 0 Å². The van der Waals surface area contributed by atoms with Gasteiger partial charge in [-0.3, -0.25) is 9.89 Å². The number of nitrogens with zero attached hydrogens (tertiary/aromatic N) is 1.